The van der Waals surface area contributed by atoms with Crippen molar-refractivity contribution < 1.29 is 4.79 Å². The van der Waals surface area contributed by atoms with Gasteiger partial charge in [-0.1, -0.05) is 18.2 Å². The average Bonchev–Trinajstić information content (AvgIpc) is 3.23. The number of piperidine rings is 1. The van der Waals surface area contributed by atoms with Crippen molar-refractivity contribution in [3.8, 4) is 0 Å². The molecule has 1 amide bonds. The highest BCUT2D eigenvalue weighted by atomic mass is 16.2. The maximum absolute atomic E-state index is 12.7. The van der Waals surface area contributed by atoms with Crippen LogP contribution in [0.15, 0.2) is 42.6 Å². The van der Waals surface area contributed by atoms with Crippen molar-refractivity contribution in [2.24, 2.45) is 7.05 Å². The third-order valence-corrected chi connectivity index (χ3v) is 5.86. The van der Waals surface area contributed by atoms with Crippen LogP contribution in [0.2, 0.25) is 0 Å². The van der Waals surface area contributed by atoms with Gasteiger partial charge in [0.2, 0.25) is 0 Å². The van der Waals surface area contributed by atoms with E-state index in [4.69, 9.17) is 0 Å². The van der Waals surface area contributed by atoms with Crippen LogP contribution in [0.5, 0.6) is 0 Å². The predicted octanol–water partition coefficient (Wildman–Crippen LogP) is 2.69. The molecule has 2 fully saturated rings. The smallest absolute Gasteiger partial charge is 0.253 e. The summed E-state index contributed by atoms with van der Waals surface area (Å²) in [5.74, 6) is 0.171. The Labute approximate surface area is 149 Å². The van der Waals surface area contributed by atoms with Gasteiger partial charge >= 0.3 is 0 Å². The van der Waals surface area contributed by atoms with Crippen LogP contribution < -0.4 is 0 Å². The molecule has 25 heavy (non-hydrogen) atoms. The van der Waals surface area contributed by atoms with Crippen LogP contribution in [-0.4, -0.2) is 50.7 Å². The fourth-order valence-electron chi connectivity index (χ4n) is 4.44. The minimum absolute atomic E-state index is 0.171. The number of likely N-dealkylation sites (tertiary alicyclic amines) is 2. The van der Waals surface area contributed by atoms with E-state index in [1.807, 2.05) is 53.2 Å². The third kappa shape index (κ3) is 3.21. The first-order chi connectivity index (χ1) is 12.2. The van der Waals surface area contributed by atoms with E-state index < -0.39 is 0 Å². The van der Waals surface area contributed by atoms with Crippen LogP contribution in [0.4, 0.5) is 0 Å². The number of nitrogens with zero attached hydrogens (tertiary/aromatic N) is 4. The van der Waals surface area contributed by atoms with Crippen LogP contribution in [0.1, 0.15) is 41.7 Å². The molecule has 2 saturated heterocycles. The number of benzene rings is 1. The topological polar surface area (TPSA) is 41.4 Å². The van der Waals surface area contributed by atoms with E-state index in [0.29, 0.717) is 0 Å². The minimum Gasteiger partial charge on any atom is -0.339 e. The lowest BCUT2D eigenvalue weighted by molar-refractivity contribution is 0.0378. The molecule has 1 aromatic carbocycles. The summed E-state index contributed by atoms with van der Waals surface area (Å²) in [4.78, 5) is 17.3. The Morgan fingerprint density at radius 1 is 1.08 bits per heavy atom. The first kappa shape index (κ1) is 16.3. The molecule has 2 aliphatic rings. The molecule has 4 rings (SSSR count). The second-order valence-electron chi connectivity index (χ2n) is 7.39. The van der Waals surface area contributed by atoms with Gasteiger partial charge in [0.1, 0.15) is 0 Å². The number of hydrogen-bond donors (Lipinski definition) is 0. The number of aromatic nitrogens is 2. The lowest BCUT2D eigenvalue weighted by Gasteiger charge is -2.45. The summed E-state index contributed by atoms with van der Waals surface area (Å²) >= 11 is 0. The van der Waals surface area contributed by atoms with Crippen molar-refractivity contribution in [2.75, 3.05) is 19.6 Å². The Bertz CT molecular complexity index is 731. The van der Waals surface area contributed by atoms with Crippen molar-refractivity contribution in [3.63, 3.8) is 0 Å². The Kier molecular flexibility index (Phi) is 4.34. The van der Waals surface area contributed by atoms with Gasteiger partial charge in [-0.05, 0) is 50.4 Å². The molecule has 2 aromatic rings. The van der Waals surface area contributed by atoms with Gasteiger partial charge < -0.3 is 4.90 Å². The van der Waals surface area contributed by atoms with Crippen LogP contribution in [0.25, 0.3) is 0 Å². The molecule has 0 unspecified atom stereocenters. The van der Waals surface area contributed by atoms with E-state index in [1.165, 1.54) is 12.8 Å². The zero-order chi connectivity index (χ0) is 17.3. The summed E-state index contributed by atoms with van der Waals surface area (Å²) in [6, 6.07) is 11.8. The Morgan fingerprint density at radius 3 is 2.52 bits per heavy atom. The van der Waals surface area contributed by atoms with E-state index in [-0.39, 0.29) is 11.4 Å². The van der Waals surface area contributed by atoms with Crippen molar-refractivity contribution >= 4 is 5.91 Å². The van der Waals surface area contributed by atoms with Crippen LogP contribution in [0, 0.1) is 0 Å². The highest BCUT2D eigenvalue weighted by Crippen LogP contribution is 2.39. The SMILES string of the molecule is Cn1ccc(CN2CCCC23CCN(C(=O)c2ccccc2)CC3)n1. The van der Waals surface area contributed by atoms with Gasteiger partial charge in [0, 0.05) is 44.0 Å². The van der Waals surface area contributed by atoms with Crippen molar-refractivity contribution in [2.45, 2.75) is 37.8 Å². The molecule has 0 bridgehead atoms. The number of amides is 1. The largest absolute Gasteiger partial charge is 0.339 e. The molecular formula is C20H26N4O. The average molecular weight is 338 g/mol. The standard InChI is InChI=1S/C20H26N4O/c1-22-13-8-18(21-22)16-24-12-5-9-20(24)10-14-23(15-11-20)19(25)17-6-3-2-4-7-17/h2-4,6-8,13H,5,9-12,14-16H2,1H3. The minimum atomic E-state index is 0.171. The lowest BCUT2D eigenvalue weighted by Crippen LogP contribution is -2.53. The van der Waals surface area contributed by atoms with E-state index in [1.54, 1.807) is 0 Å². The van der Waals surface area contributed by atoms with Gasteiger partial charge in [0.25, 0.3) is 5.91 Å². The molecule has 0 saturated carbocycles. The maximum Gasteiger partial charge on any atom is 0.253 e. The number of rotatable bonds is 3. The summed E-state index contributed by atoms with van der Waals surface area (Å²) in [5.41, 5.74) is 2.20. The maximum atomic E-state index is 12.7. The van der Waals surface area contributed by atoms with E-state index in [9.17, 15) is 4.79 Å². The van der Waals surface area contributed by atoms with Gasteiger partial charge in [-0.2, -0.15) is 5.10 Å². The van der Waals surface area contributed by atoms with Gasteiger partial charge in [0.05, 0.1) is 5.69 Å². The van der Waals surface area contributed by atoms with Gasteiger partial charge in [-0.15, -0.1) is 0 Å². The molecule has 1 spiro atoms. The predicted molar refractivity (Wildman–Crippen MR) is 97.2 cm³/mol. The zero-order valence-electron chi connectivity index (χ0n) is 14.9. The Hall–Kier alpha value is -2.14. The third-order valence-electron chi connectivity index (χ3n) is 5.86. The Balaban J connectivity index is 1.42. The molecule has 1 aromatic heterocycles. The fourth-order valence-corrected chi connectivity index (χ4v) is 4.44. The second-order valence-corrected chi connectivity index (χ2v) is 7.39. The van der Waals surface area contributed by atoms with Gasteiger partial charge in [-0.3, -0.25) is 14.4 Å². The monoisotopic (exact) mass is 338 g/mol. The van der Waals surface area contributed by atoms with Crippen LogP contribution in [0.3, 0.4) is 0 Å². The highest BCUT2D eigenvalue weighted by Gasteiger charge is 2.43. The van der Waals surface area contributed by atoms with Crippen molar-refractivity contribution in [3.05, 3.63) is 53.9 Å². The van der Waals surface area contributed by atoms with Crippen molar-refractivity contribution in [1.82, 2.24) is 19.6 Å². The van der Waals surface area contributed by atoms with E-state index >= 15 is 0 Å². The molecule has 132 valence electrons. The number of carbonyl (C=O) groups excluding carboxylic acids is 1. The first-order valence-corrected chi connectivity index (χ1v) is 9.24. The molecule has 0 N–H and O–H groups in total. The van der Waals surface area contributed by atoms with E-state index in [2.05, 4.69) is 16.1 Å². The summed E-state index contributed by atoms with van der Waals surface area (Å²) < 4.78 is 1.87. The molecule has 0 radical (unpaired) electrons. The summed E-state index contributed by atoms with van der Waals surface area (Å²) in [7, 11) is 1.97. The molecule has 0 aliphatic carbocycles. The molecule has 2 aliphatic heterocycles. The quantitative estimate of drug-likeness (QED) is 0.864. The van der Waals surface area contributed by atoms with Crippen molar-refractivity contribution in [1.29, 1.82) is 0 Å². The lowest BCUT2D eigenvalue weighted by atomic mass is 9.84. The molecule has 5 heteroatoms. The number of hydrogen-bond acceptors (Lipinski definition) is 3. The summed E-state index contributed by atoms with van der Waals surface area (Å²) in [5, 5.41) is 4.55. The second kappa shape index (κ2) is 6.64. The van der Waals surface area contributed by atoms with Gasteiger partial charge in [0.15, 0.2) is 0 Å². The number of carbonyl (C=O) groups is 1. The summed E-state index contributed by atoms with van der Waals surface area (Å²) in [6.07, 6.45) is 6.64. The molecule has 3 heterocycles. The molecule has 0 atom stereocenters. The van der Waals surface area contributed by atoms with Crippen LogP contribution in [-0.2, 0) is 13.6 Å². The summed E-state index contributed by atoms with van der Waals surface area (Å²) in [6.45, 7) is 3.77. The van der Waals surface area contributed by atoms with E-state index in [0.717, 1.165) is 50.3 Å². The Morgan fingerprint density at radius 2 is 1.84 bits per heavy atom. The normalized spacial score (nSPS) is 20.3. The fraction of sp³-hybridized carbons (Fsp3) is 0.500. The molecular weight excluding hydrogens is 312 g/mol. The van der Waals surface area contributed by atoms with Crippen LogP contribution >= 0.6 is 0 Å². The highest BCUT2D eigenvalue weighted by molar-refractivity contribution is 5.94. The first-order valence-electron chi connectivity index (χ1n) is 9.24. The zero-order valence-corrected chi connectivity index (χ0v) is 14.9. The molecule has 5 nitrogen and oxygen atoms in total. The van der Waals surface area contributed by atoms with Gasteiger partial charge in [-0.25, -0.2) is 0 Å². The number of aryl methyl sites for hydroxylation is 1.